The maximum absolute atomic E-state index is 17.0. The van der Waals surface area contributed by atoms with E-state index in [1.807, 2.05) is 40.9 Å². The summed E-state index contributed by atoms with van der Waals surface area (Å²) in [5, 5.41) is 6.11. The molecule has 5 aliphatic heterocycles. The van der Waals surface area contributed by atoms with E-state index in [1.165, 1.54) is 49.7 Å². The lowest BCUT2D eigenvalue weighted by Crippen LogP contribution is -2.56. The van der Waals surface area contributed by atoms with Gasteiger partial charge in [-0.1, -0.05) is 12.1 Å². The monoisotopic (exact) mass is 1010 g/mol. The summed E-state index contributed by atoms with van der Waals surface area (Å²) < 4.78 is 56.6. The van der Waals surface area contributed by atoms with Crippen LogP contribution in [0, 0.1) is 17.7 Å². The van der Waals surface area contributed by atoms with Crippen molar-refractivity contribution in [2.24, 2.45) is 11.8 Å². The van der Waals surface area contributed by atoms with Gasteiger partial charge in [0.15, 0.2) is 6.23 Å². The first-order chi connectivity index (χ1) is 34.8. The van der Waals surface area contributed by atoms with Crippen molar-refractivity contribution < 1.29 is 46.9 Å². The number of likely N-dealkylation sites (tertiary alicyclic amines) is 2. The highest BCUT2D eigenvalue weighted by atomic mass is 32.2. The second kappa shape index (κ2) is 19.2. The summed E-state index contributed by atoms with van der Waals surface area (Å²) >= 11 is 1.85. The highest BCUT2D eigenvalue weighted by molar-refractivity contribution is 8.04. The van der Waals surface area contributed by atoms with Crippen molar-refractivity contribution in [2.75, 3.05) is 40.5 Å². The molecule has 3 saturated heterocycles. The third kappa shape index (κ3) is 8.98. The predicted molar refractivity (Wildman–Crippen MR) is 264 cm³/mol. The molecule has 2 aromatic carbocycles. The largest absolute Gasteiger partial charge is 0.468 e. The van der Waals surface area contributed by atoms with E-state index in [0.717, 1.165) is 42.1 Å². The van der Waals surface area contributed by atoms with Crippen LogP contribution in [-0.4, -0.2) is 122 Å². The van der Waals surface area contributed by atoms with Crippen molar-refractivity contribution in [2.45, 2.75) is 113 Å². The Morgan fingerprint density at radius 3 is 2.14 bits per heavy atom. The number of allylic oxidation sites excluding steroid dienone is 2. The van der Waals surface area contributed by atoms with Gasteiger partial charge in [-0.25, -0.2) is 28.3 Å². The first-order valence-corrected chi connectivity index (χ1v) is 25.8. The minimum atomic E-state index is -2.08. The van der Waals surface area contributed by atoms with Crippen molar-refractivity contribution >= 4 is 46.7 Å². The Kier molecular flexibility index (Phi) is 12.8. The van der Waals surface area contributed by atoms with Crippen LogP contribution in [0.3, 0.4) is 0 Å². The van der Waals surface area contributed by atoms with Crippen LogP contribution in [0.4, 0.5) is 18.4 Å². The number of benzene rings is 2. The summed E-state index contributed by atoms with van der Waals surface area (Å²) in [4.78, 5) is 73.6. The number of carbonyl (C=O) groups is 4. The number of thioether (sulfide) groups is 1. The highest BCUT2D eigenvalue weighted by Crippen LogP contribution is 2.54. The Bertz CT molecular complexity index is 2950. The van der Waals surface area contributed by atoms with Crippen molar-refractivity contribution in [3.8, 4) is 39.5 Å². The zero-order valence-corrected chi connectivity index (χ0v) is 41.5. The molecule has 1 saturated carbocycles. The number of fused-ring (bicyclic) bond motifs is 5. The molecule has 3 unspecified atom stereocenters. The number of amides is 4. The van der Waals surface area contributed by atoms with Crippen LogP contribution in [0.5, 0.6) is 5.75 Å². The van der Waals surface area contributed by atoms with Gasteiger partial charge in [-0.2, -0.15) is 0 Å². The van der Waals surface area contributed by atoms with E-state index in [1.54, 1.807) is 12.4 Å². The molecule has 17 nitrogen and oxygen atoms in total. The van der Waals surface area contributed by atoms with Gasteiger partial charge in [-0.05, 0) is 119 Å². The van der Waals surface area contributed by atoms with Gasteiger partial charge in [0.05, 0.1) is 72.1 Å². The van der Waals surface area contributed by atoms with Gasteiger partial charge in [0.2, 0.25) is 11.8 Å². The Hall–Kier alpha value is -6.41. The predicted octanol–water partition coefficient (Wildman–Crippen LogP) is 8.87. The number of alkyl carbamates (subject to hydrolysis) is 2. The van der Waals surface area contributed by atoms with E-state index in [0.29, 0.717) is 104 Å². The molecule has 0 bridgehead atoms. The molecule has 8 heterocycles. The number of nitrogens with one attached hydrogen (secondary N) is 4. The minimum Gasteiger partial charge on any atom is -0.468 e. The van der Waals surface area contributed by atoms with E-state index in [2.05, 4.69) is 47.0 Å². The Labute approximate surface area is 419 Å². The second-order valence-electron chi connectivity index (χ2n) is 20.2. The maximum Gasteiger partial charge on any atom is 0.407 e. The number of nitrogens with zero attached hydrogens (tertiary/aromatic N) is 5. The second-order valence-corrected chi connectivity index (χ2v) is 21.5. The van der Waals surface area contributed by atoms with Crippen LogP contribution in [0.15, 0.2) is 59.8 Å². The Balaban J connectivity index is 0.886. The van der Waals surface area contributed by atoms with Gasteiger partial charge >= 0.3 is 12.2 Å². The standard InChI is InChI=1S/C52H59F2N9O8S/c1-52(2,54)44(60-51(67)69-4)48(65)62-18-6-8-37(62)46-56-26-34(58-46)30-22-32(53)42-38-23-31-21-29(11-12-35(31)63(38)49(71-39(42)24-30)41-14-13-40(72-41)27-9-10-27)33-25-55-45(57-33)36-7-5-17-61(36)47(64)43(59-50(66)68-3)28-15-19-70-20-16-28/h11-13,21-28,36-37,41,43-44,49H,5-10,14-20H2,1-4H3,(H,55,57)(H,56,58)(H,59,66)(H,60,67)/t36-,37-,41?,43-,44?,49?/m0/s1. The summed E-state index contributed by atoms with van der Waals surface area (Å²) in [7, 11) is 2.45. The van der Waals surface area contributed by atoms with Crippen molar-refractivity contribution in [1.29, 1.82) is 0 Å². The molecule has 0 spiro atoms. The van der Waals surface area contributed by atoms with Crippen LogP contribution in [0.1, 0.15) is 102 Å². The van der Waals surface area contributed by atoms with Gasteiger partial charge in [-0.15, -0.1) is 11.8 Å². The third-order valence-corrected chi connectivity index (χ3v) is 16.6. The molecule has 3 aromatic heterocycles. The van der Waals surface area contributed by atoms with E-state index >= 15 is 8.78 Å². The zero-order chi connectivity index (χ0) is 50.0. The number of hydrogen-bond donors (Lipinski definition) is 4. The first kappa shape index (κ1) is 47.9. The lowest BCUT2D eigenvalue weighted by atomic mass is 9.90. The van der Waals surface area contributed by atoms with Crippen LogP contribution < -0.4 is 15.4 Å². The fraction of sp³-hybridized carbons (Fsp3) is 0.500. The molecule has 1 aliphatic carbocycles. The molecule has 4 N–H and O–H groups in total. The molecular weight excluding hydrogens is 949 g/mol. The highest BCUT2D eigenvalue weighted by Gasteiger charge is 2.45. The van der Waals surface area contributed by atoms with Gasteiger partial charge in [0, 0.05) is 42.8 Å². The van der Waals surface area contributed by atoms with Gasteiger partial charge in [0.1, 0.15) is 41.0 Å². The molecular formula is C52H59F2N9O8S. The molecule has 5 aromatic rings. The van der Waals surface area contributed by atoms with E-state index in [4.69, 9.17) is 19.2 Å². The average molecular weight is 1010 g/mol. The van der Waals surface area contributed by atoms with Gasteiger partial charge in [0.25, 0.3) is 0 Å². The SMILES string of the molecule is COC(=O)NC(C(=O)N1CCC[C@H]1c1ncc(-c2cc(F)c3c(c2)OC(C2CC=C(C4CC4)S2)n2c-3cc3cc(-c4cnc([C@@H]5CCCN5C(=O)[C@@H](NC(=O)OC)C5CCOCC5)[nH]4)ccc32)[nH]1)C(C)(C)F. The molecule has 20 heteroatoms. The molecule has 6 aliphatic rings. The number of rotatable bonds is 12. The molecule has 72 heavy (non-hydrogen) atoms. The molecule has 6 atom stereocenters. The zero-order valence-electron chi connectivity index (χ0n) is 40.7. The number of carbonyl (C=O) groups excluding carboxylic acids is 4. The van der Waals surface area contributed by atoms with Crippen LogP contribution in [0.2, 0.25) is 0 Å². The van der Waals surface area contributed by atoms with Gasteiger partial charge < -0.3 is 53.9 Å². The summed E-state index contributed by atoms with van der Waals surface area (Å²) in [5.74, 6) is 0.797. The number of methoxy groups -OCH3 is 2. The number of halogens is 2. The van der Waals surface area contributed by atoms with Crippen LogP contribution in [-0.2, 0) is 23.8 Å². The topological polar surface area (TPSA) is 198 Å². The van der Waals surface area contributed by atoms with Crippen LogP contribution >= 0.6 is 11.8 Å². The lowest BCUT2D eigenvalue weighted by Gasteiger charge is -2.34. The number of alkyl halides is 1. The molecule has 380 valence electrons. The minimum absolute atomic E-state index is 0.0343. The Morgan fingerprint density at radius 1 is 0.833 bits per heavy atom. The van der Waals surface area contributed by atoms with E-state index < -0.39 is 53.9 Å². The van der Waals surface area contributed by atoms with Gasteiger partial charge in [-0.3, -0.25) is 9.59 Å². The van der Waals surface area contributed by atoms with E-state index in [-0.39, 0.29) is 23.1 Å². The Morgan fingerprint density at radius 2 is 1.49 bits per heavy atom. The normalized spacial score (nSPS) is 23.0. The number of ether oxygens (including phenoxy) is 4. The third-order valence-electron chi connectivity index (χ3n) is 15.1. The smallest absolute Gasteiger partial charge is 0.407 e. The quantitative estimate of drug-likeness (QED) is 0.0932. The van der Waals surface area contributed by atoms with Crippen LogP contribution in [0.25, 0.3) is 44.7 Å². The summed E-state index contributed by atoms with van der Waals surface area (Å²) in [6, 6.07) is 8.40. The fourth-order valence-electron chi connectivity index (χ4n) is 11.3. The molecule has 4 amide bonds. The maximum atomic E-state index is 17.0. The fourth-order valence-corrected chi connectivity index (χ4v) is 12.7. The number of aromatic nitrogens is 5. The number of aromatic amines is 2. The van der Waals surface area contributed by atoms with E-state index in [9.17, 15) is 19.2 Å². The van der Waals surface area contributed by atoms with Crippen molar-refractivity contribution in [3.05, 3.63) is 77.2 Å². The average Bonchev–Trinajstić information content (AvgIpc) is 4.11. The summed E-state index contributed by atoms with van der Waals surface area (Å²) in [6.07, 6.45) is 10.9. The lowest BCUT2D eigenvalue weighted by molar-refractivity contribution is -0.138. The molecule has 11 rings (SSSR count). The first-order valence-electron chi connectivity index (χ1n) is 25.0. The summed E-state index contributed by atoms with van der Waals surface area (Å²) in [5.41, 5.74) is 2.51. The number of H-pyrrole nitrogens is 2. The number of hydrogen-bond acceptors (Lipinski definition) is 11. The molecule has 0 radical (unpaired) electrons. The summed E-state index contributed by atoms with van der Waals surface area (Å²) in [6.45, 7) is 4.39. The molecule has 4 fully saturated rings. The van der Waals surface area contributed by atoms with Crippen molar-refractivity contribution in [3.63, 3.8) is 0 Å². The number of imidazole rings is 2. The van der Waals surface area contributed by atoms with Crippen molar-refractivity contribution in [1.82, 2.24) is 44.9 Å².